The molecule has 0 spiro atoms. The standard InChI is InChI=1S/C34H20S2/c1-2-10-24-22(8-1)23-9-3-4-11-25(23)29-20-21(16-17-26(24)29)30-18-19-32(35-30)28-13-7-15-33-34(28)27-12-5-6-14-31(27)36-33/h1-20H. The highest BCUT2D eigenvalue weighted by Crippen LogP contribution is 2.44. The Bertz CT molecular complexity index is 2070. The SMILES string of the molecule is c1ccc2c(c1)sc1cccc(-c3ccc(-c4ccc5c6ccccc6c6ccccc6c5c4)s3)c12. The van der Waals surface area contributed by atoms with E-state index in [1.165, 1.54) is 73.4 Å². The summed E-state index contributed by atoms with van der Waals surface area (Å²) in [5.74, 6) is 0. The molecular weight excluding hydrogens is 473 g/mol. The van der Waals surface area contributed by atoms with Crippen molar-refractivity contribution in [1.82, 2.24) is 0 Å². The van der Waals surface area contributed by atoms with Crippen LogP contribution >= 0.6 is 22.7 Å². The maximum atomic E-state index is 2.39. The summed E-state index contributed by atoms with van der Waals surface area (Å²) in [5.41, 5.74) is 2.61. The molecule has 8 aromatic rings. The summed E-state index contributed by atoms with van der Waals surface area (Å²) in [5, 5.41) is 10.7. The minimum absolute atomic E-state index is 1.28. The second kappa shape index (κ2) is 7.76. The van der Waals surface area contributed by atoms with Crippen molar-refractivity contribution in [3.8, 4) is 20.9 Å². The number of rotatable bonds is 2. The van der Waals surface area contributed by atoms with E-state index in [1.807, 2.05) is 22.7 Å². The fraction of sp³-hybridized carbons (Fsp3) is 0. The predicted octanol–water partition coefficient (Wildman–Crippen LogP) is 10.9. The molecule has 0 nitrogen and oxygen atoms in total. The molecule has 6 aromatic carbocycles. The van der Waals surface area contributed by atoms with E-state index in [0.29, 0.717) is 0 Å². The van der Waals surface area contributed by atoms with Crippen LogP contribution in [0.1, 0.15) is 0 Å². The molecule has 0 aliphatic heterocycles. The maximum absolute atomic E-state index is 2.39. The Balaban J connectivity index is 1.33. The number of hydrogen-bond acceptors (Lipinski definition) is 2. The monoisotopic (exact) mass is 492 g/mol. The number of thiophene rings is 2. The van der Waals surface area contributed by atoms with Gasteiger partial charge in [0.15, 0.2) is 0 Å². The average molecular weight is 493 g/mol. The van der Waals surface area contributed by atoms with Gasteiger partial charge >= 0.3 is 0 Å². The van der Waals surface area contributed by atoms with Crippen LogP contribution in [0.5, 0.6) is 0 Å². The van der Waals surface area contributed by atoms with Crippen molar-refractivity contribution in [2.75, 3.05) is 0 Å². The lowest BCUT2D eigenvalue weighted by Gasteiger charge is -2.11. The van der Waals surface area contributed by atoms with Crippen LogP contribution in [0.3, 0.4) is 0 Å². The number of fused-ring (bicyclic) bond motifs is 9. The van der Waals surface area contributed by atoms with E-state index < -0.39 is 0 Å². The van der Waals surface area contributed by atoms with Gasteiger partial charge in [0.2, 0.25) is 0 Å². The summed E-state index contributed by atoms with van der Waals surface area (Å²) in [6.45, 7) is 0. The molecule has 0 unspecified atom stereocenters. The van der Waals surface area contributed by atoms with E-state index in [0.717, 1.165) is 0 Å². The zero-order valence-electron chi connectivity index (χ0n) is 19.4. The van der Waals surface area contributed by atoms with Gasteiger partial charge in [0.25, 0.3) is 0 Å². The topological polar surface area (TPSA) is 0 Å². The van der Waals surface area contributed by atoms with Crippen LogP contribution in [0, 0.1) is 0 Å². The van der Waals surface area contributed by atoms with E-state index in [1.54, 1.807) is 0 Å². The zero-order chi connectivity index (χ0) is 23.6. The lowest BCUT2D eigenvalue weighted by molar-refractivity contribution is 1.76. The Labute approximate surface area is 216 Å². The van der Waals surface area contributed by atoms with Gasteiger partial charge in [0, 0.05) is 35.5 Å². The van der Waals surface area contributed by atoms with Gasteiger partial charge in [-0.1, -0.05) is 91.0 Å². The first-order valence-electron chi connectivity index (χ1n) is 12.2. The zero-order valence-corrected chi connectivity index (χ0v) is 21.0. The fourth-order valence-electron chi connectivity index (χ4n) is 5.68. The molecule has 0 saturated heterocycles. The van der Waals surface area contributed by atoms with Crippen molar-refractivity contribution in [3.05, 3.63) is 121 Å². The minimum Gasteiger partial charge on any atom is -0.135 e. The molecule has 2 heteroatoms. The lowest BCUT2D eigenvalue weighted by Crippen LogP contribution is -1.83. The summed E-state index contributed by atoms with van der Waals surface area (Å²) >= 11 is 3.77. The molecule has 0 fully saturated rings. The Morgan fingerprint density at radius 1 is 0.361 bits per heavy atom. The van der Waals surface area contributed by atoms with Gasteiger partial charge < -0.3 is 0 Å². The second-order valence-electron chi connectivity index (χ2n) is 9.29. The molecule has 0 saturated carbocycles. The Kier molecular flexibility index (Phi) is 4.36. The van der Waals surface area contributed by atoms with Gasteiger partial charge in [0.05, 0.1) is 0 Å². The van der Waals surface area contributed by atoms with E-state index in [2.05, 4.69) is 121 Å². The maximum Gasteiger partial charge on any atom is 0.0361 e. The third-order valence-corrected chi connectivity index (χ3v) is 9.61. The van der Waals surface area contributed by atoms with Crippen LogP contribution < -0.4 is 0 Å². The van der Waals surface area contributed by atoms with Crippen molar-refractivity contribution in [2.45, 2.75) is 0 Å². The first kappa shape index (κ1) is 20.2. The summed E-state index contributed by atoms with van der Waals surface area (Å²) in [4.78, 5) is 2.63. The molecule has 168 valence electrons. The normalized spacial score (nSPS) is 11.9. The molecule has 8 rings (SSSR count). The van der Waals surface area contributed by atoms with Crippen molar-refractivity contribution < 1.29 is 0 Å². The quantitative estimate of drug-likeness (QED) is 0.211. The summed E-state index contributed by atoms with van der Waals surface area (Å²) < 4.78 is 2.71. The number of benzene rings is 6. The van der Waals surface area contributed by atoms with Gasteiger partial charge in [0.1, 0.15) is 0 Å². The highest BCUT2D eigenvalue weighted by atomic mass is 32.1. The highest BCUT2D eigenvalue weighted by molar-refractivity contribution is 7.26. The minimum atomic E-state index is 1.28. The van der Waals surface area contributed by atoms with Crippen LogP contribution in [0.15, 0.2) is 121 Å². The van der Waals surface area contributed by atoms with Gasteiger partial charge in [-0.15, -0.1) is 22.7 Å². The Hall–Kier alpha value is -3.98. The molecule has 0 bridgehead atoms. The van der Waals surface area contributed by atoms with E-state index >= 15 is 0 Å². The van der Waals surface area contributed by atoms with Crippen LogP contribution in [-0.2, 0) is 0 Å². The third kappa shape index (κ3) is 2.92. The first-order valence-corrected chi connectivity index (χ1v) is 13.8. The van der Waals surface area contributed by atoms with Crippen molar-refractivity contribution in [1.29, 1.82) is 0 Å². The van der Waals surface area contributed by atoms with Gasteiger partial charge in [-0.2, -0.15) is 0 Å². The molecule has 2 aromatic heterocycles. The summed E-state index contributed by atoms with van der Waals surface area (Å²) in [6.07, 6.45) is 0. The van der Waals surface area contributed by atoms with Crippen LogP contribution in [0.25, 0.3) is 73.4 Å². The fourth-order valence-corrected chi connectivity index (χ4v) is 7.84. The molecule has 0 N–H and O–H groups in total. The summed E-state index contributed by atoms with van der Waals surface area (Å²) in [7, 11) is 0. The van der Waals surface area contributed by atoms with Crippen LogP contribution in [0.4, 0.5) is 0 Å². The largest absolute Gasteiger partial charge is 0.135 e. The highest BCUT2D eigenvalue weighted by Gasteiger charge is 2.14. The second-order valence-corrected chi connectivity index (χ2v) is 11.5. The molecular formula is C34H20S2. The number of hydrogen-bond donors (Lipinski definition) is 0. The van der Waals surface area contributed by atoms with Crippen LogP contribution in [-0.4, -0.2) is 0 Å². The predicted molar refractivity (Wildman–Crippen MR) is 161 cm³/mol. The smallest absolute Gasteiger partial charge is 0.0361 e. The molecule has 0 aliphatic rings. The molecule has 0 aliphatic carbocycles. The first-order chi connectivity index (χ1) is 17.8. The summed E-state index contributed by atoms with van der Waals surface area (Å²) in [6, 6.07) is 44.6. The van der Waals surface area contributed by atoms with Crippen LogP contribution in [0.2, 0.25) is 0 Å². The van der Waals surface area contributed by atoms with Gasteiger partial charge in [-0.25, -0.2) is 0 Å². The molecule has 0 atom stereocenters. The van der Waals surface area contributed by atoms with Gasteiger partial charge in [-0.05, 0) is 68.2 Å². The van der Waals surface area contributed by atoms with Crippen molar-refractivity contribution in [2.24, 2.45) is 0 Å². The third-order valence-electron chi connectivity index (χ3n) is 7.30. The molecule has 36 heavy (non-hydrogen) atoms. The molecule has 0 amide bonds. The Morgan fingerprint density at radius 2 is 0.944 bits per heavy atom. The average Bonchev–Trinajstić information content (AvgIpc) is 3.58. The van der Waals surface area contributed by atoms with Crippen molar-refractivity contribution >= 4 is 75.2 Å². The molecule has 0 radical (unpaired) electrons. The van der Waals surface area contributed by atoms with Gasteiger partial charge in [-0.3, -0.25) is 0 Å². The van der Waals surface area contributed by atoms with E-state index in [4.69, 9.17) is 0 Å². The Morgan fingerprint density at radius 3 is 1.69 bits per heavy atom. The molecule has 2 heterocycles. The van der Waals surface area contributed by atoms with Crippen molar-refractivity contribution in [3.63, 3.8) is 0 Å². The lowest BCUT2D eigenvalue weighted by atomic mass is 9.93. The van der Waals surface area contributed by atoms with E-state index in [9.17, 15) is 0 Å². The van der Waals surface area contributed by atoms with E-state index in [-0.39, 0.29) is 0 Å².